The molecule has 1 aromatic rings. The summed E-state index contributed by atoms with van der Waals surface area (Å²) in [5, 5.41) is 2.70. The van der Waals surface area contributed by atoms with E-state index < -0.39 is 5.82 Å². The summed E-state index contributed by atoms with van der Waals surface area (Å²) >= 11 is 0. The van der Waals surface area contributed by atoms with E-state index in [1.165, 1.54) is 12.1 Å². The number of carbonyl (C=O) groups is 1. The summed E-state index contributed by atoms with van der Waals surface area (Å²) in [6, 6.07) is 2.62. The molecule has 4 nitrogen and oxygen atoms in total. The minimum Gasteiger partial charge on any atom is -0.490 e. The molecule has 2 rings (SSSR count). The lowest BCUT2D eigenvalue weighted by Crippen LogP contribution is -2.19. The highest BCUT2D eigenvalue weighted by Gasteiger charge is 2.18. The second-order valence-corrected chi connectivity index (χ2v) is 3.78. The molecule has 0 bridgehead atoms. The summed E-state index contributed by atoms with van der Waals surface area (Å²) in [5.41, 5.74) is 0.0311. The van der Waals surface area contributed by atoms with Crippen molar-refractivity contribution in [1.82, 2.24) is 5.32 Å². The first-order chi connectivity index (χ1) is 8.22. The van der Waals surface area contributed by atoms with Crippen molar-refractivity contribution in [3.63, 3.8) is 0 Å². The minimum atomic E-state index is -0.575. The van der Waals surface area contributed by atoms with Gasteiger partial charge in [0, 0.05) is 12.5 Å². The highest BCUT2D eigenvalue weighted by atomic mass is 19.1. The smallest absolute Gasteiger partial charge is 0.179 e. The summed E-state index contributed by atoms with van der Waals surface area (Å²) in [5.74, 6) is -0.0838. The van der Waals surface area contributed by atoms with Crippen LogP contribution in [-0.2, 0) is 0 Å². The lowest BCUT2D eigenvalue weighted by Gasteiger charge is -2.10. The second kappa shape index (κ2) is 5.14. The quantitative estimate of drug-likeness (QED) is 0.810. The van der Waals surface area contributed by atoms with Crippen LogP contribution in [0.2, 0.25) is 0 Å². The van der Waals surface area contributed by atoms with Crippen LogP contribution in [0.15, 0.2) is 12.1 Å². The van der Waals surface area contributed by atoms with Crippen molar-refractivity contribution in [2.45, 2.75) is 6.42 Å². The number of ether oxygens (including phenoxy) is 2. The zero-order valence-corrected chi connectivity index (χ0v) is 9.59. The second-order valence-electron chi connectivity index (χ2n) is 3.78. The normalized spacial score (nSPS) is 14.2. The maximum Gasteiger partial charge on any atom is 0.179 e. The summed E-state index contributed by atoms with van der Waals surface area (Å²) in [6.45, 7) is 1.10. The van der Waals surface area contributed by atoms with Crippen LogP contribution in [0.1, 0.15) is 16.8 Å². The van der Waals surface area contributed by atoms with Crippen LogP contribution < -0.4 is 14.8 Å². The number of rotatable bonds is 3. The molecule has 17 heavy (non-hydrogen) atoms. The standard InChI is InChI=1S/C12H14FNO3/c1-14-7-10(15)8-5-11-12(6-9(8)13)17-4-2-3-16-11/h5-6,14H,2-4,7H2,1H3. The molecule has 0 atom stereocenters. The molecule has 1 aliphatic heterocycles. The third-order valence-electron chi connectivity index (χ3n) is 2.47. The SMILES string of the molecule is CNCC(=O)c1cc2c(cc1F)OCCCO2. The molecule has 0 saturated heterocycles. The molecule has 0 saturated carbocycles. The Morgan fingerprint density at radius 2 is 2.00 bits per heavy atom. The Kier molecular flexibility index (Phi) is 3.58. The molecule has 1 aliphatic rings. The minimum absolute atomic E-state index is 0.0311. The number of hydrogen-bond acceptors (Lipinski definition) is 4. The van der Waals surface area contributed by atoms with Gasteiger partial charge < -0.3 is 14.8 Å². The highest BCUT2D eigenvalue weighted by molar-refractivity contribution is 5.98. The molecule has 1 heterocycles. The van der Waals surface area contributed by atoms with E-state index in [1.807, 2.05) is 0 Å². The first-order valence-electron chi connectivity index (χ1n) is 5.49. The first kappa shape index (κ1) is 11.9. The van der Waals surface area contributed by atoms with Gasteiger partial charge in [-0.15, -0.1) is 0 Å². The molecule has 92 valence electrons. The molecule has 0 amide bonds. The molecule has 1 N–H and O–H groups in total. The van der Waals surface area contributed by atoms with Gasteiger partial charge in [-0.1, -0.05) is 0 Å². The largest absolute Gasteiger partial charge is 0.490 e. The fourth-order valence-corrected chi connectivity index (χ4v) is 1.65. The van der Waals surface area contributed by atoms with Crippen molar-refractivity contribution >= 4 is 5.78 Å². The molecule has 0 fully saturated rings. The number of nitrogens with one attached hydrogen (secondary N) is 1. The molecule has 0 aromatic heterocycles. The van der Waals surface area contributed by atoms with Crippen molar-refractivity contribution in [2.24, 2.45) is 0 Å². The predicted octanol–water partition coefficient (Wildman–Crippen LogP) is 1.39. The van der Waals surface area contributed by atoms with Crippen LogP contribution in [-0.4, -0.2) is 32.6 Å². The molecule has 0 spiro atoms. The molecule has 0 radical (unpaired) electrons. The average molecular weight is 239 g/mol. The maximum atomic E-state index is 13.7. The van der Waals surface area contributed by atoms with Crippen LogP contribution >= 0.6 is 0 Å². The number of benzene rings is 1. The van der Waals surface area contributed by atoms with E-state index in [2.05, 4.69) is 5.32 Å². The van der Waals surface area contributed by atoms with Crippen molar-refractivity contribution in [1.29, 1.82) is 0 Å². The van der Waals surface area contributed by atoms with Gasteiger partial charge in [-0.2, -0.15) is 0 Å². The number of likely N-dealkylation sites (N-methyl/N-ethyl adjacent to an activating group) is 1. The molecule has 0 unspecified atom stereocenters. The van der Waals surface area contributed by atoms with E-state index in [0.717, 1.165) is 6.42 Å². The monoisotopic (exact) mass is 239 g/mol. The molecular weight excluding hydrogens is 225 g/mol. The number of halogens is 1. The van der Waals surface area contributed by atoms with Crippen LogP contribution in [0.4, 0.5) is 4.39 Å². The van der Waals surface area contributed by atoms with Gasteiger partial charge in [-0.05, 0) is 13.1 Å². The van der Waals surface area contributed by atoms with Crippen LogP contribution in [0, 0.1) is 5.82 Å². The third kappa shape index (κ3) is 2.55. The Balaban J connectivity index is 2.35. The van der Waals surface area contributed by atoms with E-state index in [4.69, 9.17) is 9.47 Å². The Morgan fingerprint density at radius 1 is 1.35 bits per heavy atom. The fourth-order valence-electron chi connectivity index (χ4n) is 1.65. The van der Waals surface area contributed by atoms with Gasteiger partial charge in [0.25, 0.3) is 0 Å². The number of fused-ring (bicyclic) bond motifs is 1. The Labute approximate surface area is 98.7 Å². The van der Waals surface area contributed by atoms with E-state index in [0.29, 0.717) is 24.7 Å². The van der Waals surface area contributed by atoms with Crippen LogP contribution in [0.3, 0.4) is 0 Å². The van der Waals surface area contributed by atoms with Gasteiger partial charge >= 0.3 is 0 Å². The van der Waals surface area contributed by atoms with E-state index in [9.17, 15) is 9.18 Å². The lowest BCUT2D eigenvalue weighted by molar-refractivity contribution is 0.0989. The van der Waals surface area contributed by atoms with Crippen LogP contribution in [0.5, 0.6) is 11.5 Å². The topological polar surface area (TPSA) is 47.6 Å². The number of ketones is 1. The first-order valence-corrected chi connectivity index (χ1v) is 5.49. The third-order valence-corrected chi connectivity index (χ3v) is 2.47. The highest BCUT2D eigenvalue weighted by Crippen LogP contribution is 2.32. The molecule has 5 heteroatoms. The average Bonchev–Trinajstić information content (AvgIpc) is 2.52. The van der Waals surface area contributed by atoms with Gasteiger partial charge in [0.1, 0.15) is 5.82 Å². The van der Waals surface area contributed by atoms with E-state index in [1.54, 1.807) is 7.05 Å². The van der Waals surface area contributed by atoms with Crippen molar-refractivity contribution < 1.29 is 18.7 Å². The zero-order valence-electron chi connectivity index (χ0n) is 9.59. The number of carbonyl (C=O) groups excluding carboxylic acids is 1. The van der Waals surface area contributed by atoms with Crippen LogP contribution in [0.25, 0.3) is 0 Å². The van der Waals surface area contributed by atoms with Crippen molar-refractivity contribution in [3.05, 3.63) is 23.5 Å². The molecule has 0 aliphatic carbocycles. The number of hydrogen-bond donors (Lipinski definition) is 1. The summed E-state index contributed by atoms with van der Waals surface area (Å²) in [6.07, 6.45) is 0.746. The summed E-state index contributed by atoms with van der Waals surface area (Å²) < 4.78 is 24.4. The Bertz CT molecular complexity index is 434. The van der Waals surface area contributed by atoms with E-state index in [-0.39, 0.29) is 17.9 Å². The zero-order chi connectivity index (χ0) is 12.3. The van der Waals surface area contributed by atoms with Crippen molar-refractivity contribution in [3.8, 4) is 11.5 Å². The maximum absolute atomic E-state index is 13.7. The predicted molar refractivity (Wildman–Crippen MR) is 60.3 cm³/mol. The Morgan fingerprint density at radius 3 is 2.65 bits per heavy atom. The van der Waals surface area contributed by atoms with Crippen molar-refractivity contribution in [2.75, 3.05) is 26.8 Å². The molecule has 1 aromatic carbocycles. The Hall–Kier alpha value is -1.62. The molecular formula is C12H14FNO3. The van der Waals surface area contributed by atoms with Gasteiger partial charge in [-0.25, -0.2) is 4.39 Å². The summed E-state index contributed by atoms with van der Waals surface area (Å²) in [4.78, 5) is 11.6. The number of Topliss-reactive ketones (excluding diaryl/α,β-unsaturated/α-hetero) is 1. The fraction of sp³-hybridized carbons (Fsp3) is 0.417. The lowest BCUT2D eigenvalue weighted by atomic mass is 10.1. The van der Waals surface area contributed by atoms with Gasteiger partial charge in [-0.3, -0.25) is 4.79 Å². The van der Waals surface area contributed by atoms with Gasteiger partial charge in [0.15, 0.2) is 17.3 Å². The van der Waals surface area contributed by atoms with E-state index >= 15 is 0 Å². The summed E-state index contributed by atoms with van der Waals surface area (Å²) in [7, 11) is 1.64. The van der Waals surface area contributed by atoms with Gasteiger partial charge in [0.05, 0.1) is 25.3 Å². The van der Waals surface area contributed by atoms with Gasteiger partial charge in [0.2, 0.25) is 0 Å².